The number of aromatic nitrogens is 2. The fourth-order valence-electron chi connectivity index (χ4n) is 3.16. The van der Waals surface area contributed by atoms with Gasteiger partial charge in [-0.25, -0.2) is 4.98 Å². The molecule has 142 valence electrons. The number of methoxy groups -OCH3 is 2. The van der Waals surface area contributed by atoms with Crippen LogP contribution in [0.2, 0.25) is 0 Å². The first kappa shape index (κ1) is 18.8. The number of nitrogens with one attached hydrogen (secondary N) is 1. The van der Waals surface area contributed by atoms with Gasteiger partial charge in [-0.15, -0.1) is 0 Å². The fraction of sp³-hybridized carbons (Fsp3) is 0.333. The number of imidazole rings is 1. The molecule has 1 N–H and O–H groups in total. The van der Waals surface area contributed by atoms with Crippen LogP contribution >= 0.6 is 0 Å². The van der Waals surface area contributed by atoms with Crippen molar-refractivity contribution >= 4 is 16.9 Å². The lowest BCUT2D eigenvalue weighted by Crippen LogP contribution is -2.26. The van der Waals surface area contributed by atoms with Gasteiger partial charge < -0.3 is 19.4 Å². The number of aryl methyl sites for hydroxylation is 1. The van der Waals surface area contributed by atoms with E-state index in [-0.39, 0.29) is 5.91 Å². The summed E-state index contributed by atoms with van der Waals surface area (Å²) in [5, 5.41) is 2.96. The van der Waals surface area contributed by atoms with Gasteiger partial charge in [0.2, 0.25) is 0 Å². The Morgan fingerprint density at radius 2 is 1.89 bits per heavy atom. The van der Waals surface area contributed by atoms with Crippen molar-refractivity contribution in [3.8, 4) is 11.5 Å². The van der Waals surface area contributed by atoms with E-state index in [0.717, 1.165) is 29.8 Å². The molecule has 1 aromatic heterocycles. The van der Waals surface area contributed by atoms with Gasteiger partial charge in [0.05, 0.1) is 25.3 Å². The molecule has 0 atom stereocenters. The van der Waals surface area contributed by atoms with Gasteiger partial charge in [0.1, 0.15) is 5.82 Å². The molecule has 0 spiro atoms. The van der Waals surface area contributed by atoms with Crippen LogP contribution in [-0.2, 0) is 13.0 Å². The molecule has 0 unspecified atom stereocenters. The predicted molar refractivity (Wildman–Crippen MR) is 106 cm³/mol. The maximum Gasteiger partial charge on any atom is 0.251 e. The van der Waals surface area contributed by atoms with Crippen LogP contribution in [-0.4, -0.2) is 36.2 Å². The SMILES string of the molecule is CCCn1c(CCNC(=O)c2ccc(OC)c(OC)c2)nc2ccccc21. The summed E-state index contributed by atoms with van der Waals surface area (Å²) in [6.45, 7) is 3.58. The topological polar surface area (TPSA) is 65.4 Å². The molecule has 27 heavy (non-hydrogen) atoms. The minimum absolute atomic E-state index is 0.144. The first-order valence-electron chi connectivity index (χ1n) is 9.12. The highest BCUT2D eigenvalue weighted by molar-refractivity contribution is 5.94. The Bertz CT molecular complexity index is 934. The maximum absolute atomic E-state index is 12.5. The molecule has 0 aliphatic carbocycles. The quantitative estimate of drug-likeness (QED) is 0.662. The molecule has 3 rings (SSSR count). The fourth-order valence-corrected chi connectivity index (χ4v) is 3.16. The van der Waals surface area contributed by atoms with Gasteiger partial charge in [-0.3, -0.25) is 4.79 Å². The molecule has 1 amide bonds. The van der Waals surface area contributed by atoms with Crippen molar-refractivity contribution in [1.82, 2.24) is 14.9 Å². The lowest BCUT2D eigenvalue weighted by Gasteiger charge is -2.11. The number of nitrogens with zero attached hydrogens (tertiary/aromatic N) is 2. The summed E-state index contributed by atoms with van der Waals surface area (Å²) >= 11 is 0. The Morgan fingerprint density at radius 1 is 1.11 bits per heavy atom. The molecule has 6 nitrogen and oxygen atoms in total. The van der Waals surface area contributed by atoms with E-state index >= 15 is 0 Å². The molecule has 3 aromatic rings. The Balaban J connectivity index is 1.68. The van der Waals surface area contributed by atoms with E-state index in [1.54, 1.807) is 32.4 Å². The number of hydrogen-bond acceptors (Lipinski definition) is 4. The molecule has 0 saturated heterocycles. The largest absolute Gasteiger partial charge is 0.493 e. The number of rotatable bonds is 8. The van der Waals surface area contributed by atoms with E-state index in [1.165, 1.54) is 0 Å². The van der Waals surface area contributed by atoms with Gasteiger partial charge in [-0.2, -0.15) is 0 Å². The van der Waals surface area contributed by atoms with Crippen LogP contribution in [0.4, 0.5) is 0 Å². The Kier molecular flexibility index (Phi) is 5.96. The highest BCUT2D eigenvalue weighted by Crippen LogP contribution is 2.27. The first-order chi connectivity index (χ1) is 13.2. The highest BCUT2D eigenvalue weighted by atomic mass is 16.5. The van der Waals surface area contributed by atoms with Gasteiger partial charge in [-0.1, -0.05) is 19.1 Å². The summed E-state index contributed by atoms with van der Waals surface area (Å²) < 4.78 is 12.7. The number of para-hydroxylation sites is 2. The van der Waals surface area contributed by atoms with E-state index in [2.05, 4.69) is 22.9 Å². The lowest BCUT2D eigenvalue weighted by atomic mass is 10.2. The Labute approximate surface area is 159 Å². The molecule has 6 heteroatoms. The zero-order valence-corrected chi connectivity index (χ0v) is 16.0. The summed E-state index contributed by atoms with van der Waals surface area (Å²) in [5.41, 5.74) is 2.67. The van der Waals surface area contributed by atoms with Crippen molar-refractivity contribution in [2.24, 2.45) is 0 Å². The van der Waals surface area contributed by atoms with Crippen LogP contribution < -0.4 is 14.8 Å². The van der Waals surface area contributed by atoms with Crippen molar-refractivity contribution in [3.05, 3.63) is 53.9 Å². The van der Waals surface area contributed by atoms with Crippen LogP contribution in [0, 0.1) is 0 Å². The van der Waals surface area contributed by atoms with Crippen LogP contribution in [0.1, 0.15) is 29.5 Å². The second kappa shape index (κ2) is 8.58. The van der Waals surface area contributed by atoms with E-state index in [0.29, 0.717) is 30.0 Å². The molecule has 0 bridgehead atoms. The minimum Gasteiger partial charge on any atom is -0.493 e. The van der Waals surface area contributed by atoms with Gasteiger partial charge >= 0.3 is 0 Å². The predicted octanol–water partition coefficient (Wildman–Crippen LogP) is 3.44. The highest BCUT2D eigenvalue weighted by Gasteiger charge is 2.12. The molecule has 0 aliphatic rings. The summed E-state index contributed by atoms with van der Waals surface area (Å²) in [6.07, 6.45) is 1.71. The summed E-state index contributed by atoms with van der Waals surface area (Å²) in [4.78, 5) is 17.2. The van der Waals surface area contributed by atoms with Crippen LogP contribution in [0.5, 0.6) is 11.5 Å². The lowest BCUT2D eigenvalue weighted by molar-refractivity contribution is 0.0953. The molecule has 1 heterocycles. The third-order valence-corrected chi connectivity index (χ3v) is 4.46. The number of ether oxygens (including phenoxy) is 2. The Morgan fingerprint density at radius 3 is 2.63 bits per heavy atom. The molecular formula is C21H25N3O3. The van der Waals surface area contributed by atoms with Gasteiger partial charge in [0, 0.05) is 25.1 Å². The first-order valence-corrected chi connectivity index (χ1v) is 9.12. The molecule has 2 aromatic carbocycles. The van der Waals surface area contributed by atoms with Crippen LogP contribution in [0.15, 0.2) is 42.5 Å². The number of fused-ring (bicyclic) bond motifs is 1. The number of carbonyl (C=O) groups is 1. The van der Waals surface area contributed by atoms with E-state index in [4.69, 9.17) is 14.5 Å². The van der Waals surface area contributed by atoms with Crippen molar-refractivity contribution < 1.29 is 14.3 Å². The van der Waals surface area contributed by atoms with Crippen LogP contribution in [0.3, 0.4) is 0 Å². The molecular weight excluding hydrogens is 342 g/mol. The second-order valence-electron chi connectivity index (χ2n) is 6.24. The van der Waals surface area contributed by atoms with Crippen LogP contribution in [0.25, 0.3) is 11.0 Å². The van der Waals surface area contributed by atoms with Gasteiger partial charge in [-0.05, 0) is 36.8 Å². The number of benzene rings is 2. The van der Waals surface area contributed by atoms with Gasteiger partial charge in [0.25, 0.3) is 5.91 Å². The zero-order chi connectivity index (χ0) is 19.2. The van der Waals surface area contributed by atoms with Crippen molar-refractivity contribution in [1.29, 1.82) is 0 Å². The summed E-state index contributed by atoms with van der Waals surface area (Å²) in [7, 11) is 3.12. The molecule has 0 fully saturated rings. The molecule has 0 aliphatic heterocycles. The average Bonchev–Trinajstić information content (AvgIpc) is 3.05. The van der Waals surface area contributed by atoms with Crippen molar-refractivity contribution in [2.45, 2.75) is 26.3 Å². The smallest absolute Gasteiger partial charge is 0.251 e. The van der Waals surface area contributed by atoms with Crippen molar-refractivity contribution in [2.75, 3.05) is 20.8 Å². The number of hydrogen-bond donors (Lipinski definition) is 1. The normalized spacial score (nSPS) is 10.8. The third-order valence-electron chi connectivity index (χ3n) is 4.46. The van der Waals surface area contributed by atoms with Gasteiger partial charge in [0.15, 0.2) is 11.5 Å². The second-order valence-corrected chi connectivity index (χ2v) is 6.24. The third kappa shape index (κ3) is 4.05. The zero-order valence-electron chi connectivity index (χ0n) is 16.0. The number of amides is 1. The standard InChI is InChI=1S/C21H25N3O3/c1-4-13-24-17-8-6-5-7-16(17)23-20(24)11-12-22-21(25)15-9-10-18(26-2)19(14-15)27-3/h5-10,14H,4,11-13H2,1-3H3,(H,22,25). The maximum atomic E-state index is 12.5. The average molecular weight is 367 g/mol. The van der Waals surface area contributed by atoms with Crippen molar-refractivity contribution in [3.63, 3.8) is 0 Å². The summed E-state index contributed by atoms with van der Waals surface area (Å²) in [5.74, 6) is 1.98. The Hall–Kier alpha value is -3.02. The number of carbonyl (C=O) groups excluding carboxylic acids is 1. The minimum atomic E-state index is -0.144. The molecule has 0 radical (unpaired) electrons. The van der Waals surface area contributed by atoms with E-state index in [1.807, 2.05) is 18.2 Å². The monoisotopic (exact) mass is 367 g/mol. The summed E-state index contributed by atoms with van der Waals surface area (Å²) in [6, 6.07) is 13.3. The van der Waals surface area contributed by atoms with E-state index in [9.17, 15) is 4.79 Å². The molecule has 0 saturated carbocycles. The van der Waals surface area contributed by atoms with E-state index < -0.39 is 0 Å².